The van der Waals surface area contributed by atoms with Crippen LogP contribution in [-0.4, -0.2) is 59.6 Å². The summed E-state index contributed by atoms with van der Waals surface area (Å²) in [5, 5.41) is 0. The maximum atomic E-state index is 12.9. The van der Waals surface area contributed by atoms with Gasteiger partial charge in [0.1, 0.15) is 0 Å². The summed E-state index contributed by atoms with van der Waals surface area (Å²) in [6.07, 6.45) is 3.82. The largest absolute Gasteiger partial charge is 0.466 e. The van der Waals surface area contributed by atoms with Crippen LogP contribution in [0, 0.1) is 11.3 Å². The summed E-state index contributed by atoms with van der Waals surface area (Å²) in [6, 6.07) is 6.54. The summed E-state index contributed by atoms with van der Waals surface area (Å²) in [5.74, 6) is 0.350. The van der Waals surface area contributed by atoms with E-state index in [1.165, 1.54) is 0 Å². The highest BCUT2D eigenvalue weighted by Crippen LogP contribution is 2.44. The number of likely N-dealkylation sites (tertiary alicyclic amines) is 2. The van der Waals surface area contributed by atoms with Crippen LogP contribution in [0.1, 0.15) is 39.3 Å². The van der Waals surface area contributed by atoms with Crippen LogP contribution in [0.5, 0.6) is 0 Å². The van der Waals surface area contributed by atoms with Crippen molar-refractivity contribution in [1.29, 1.82) is 0 Å². The second-order valence-corrected chi connectivity index (χ2v) is 7.76. The number of fused-ring (bicyclic) bond motifs is 1. The molecule has 2 fully saturated rings. The first-order valence-electron chi connectivity index (χ1n) is 9.58. The number of nitrogens with zero attached hydrogens (tertiary/aromatic N) is 3. The number of carbonyl (C=O) groups is 1. The van der Waals surface area contributed by atoms with Crippen LogP contribution < -0.4 is 0 Å². The van der Waals surface area contributed by atoms with Crippen molar-refractivity contribution in [2.45, 2.75) is 46.2 Å². The molecule has 1 aromatic heterocycles. The molecule has 0 aromatic carbocycles. The summed E-state index contributed by atoms with van der Waals surface area (Å²) in [7, 11) is 0. The Morgan fingerprint density at radius 3 is 2.92 bits per heavy atom. The minimum Gasteiger partial charge on any atom is -0.466 e. The van der Waals surface area contributed by atoms with Crippen LogP contribution >= 0.6 is 0 Å². The minimum absolute atomic E-state index is 0.0165. The van der Waals surface area contributed by atoms with Gasteiger partial charge in [-0.15, -0.1) is 0 Å². The molecule has 3 rings (SSSR count). The van der Waals surface area contributed by atoms with Crippen LogP contribution in [0.4, 0.5) is 0 Å². The second-order valence-electron chi connectivity index (χ2n) is 7.76. The van der Waals surface area contributed by atoms with Gasteiger partial charge < -0.3 is 4.74 Å². The van der Waals surface area contributed by atoms with E-state index in [9.17, 15) is 4.79 Å². The molecule has 2 atom stereocenters. The van der Waals surface area contributed by atoms with Crippen molar-refractivity contribution in [3.63, 3.8) is 0 Å². The van der Waals surface area contributed by atoms with E-state index >= 15 is 0 Å². The average molecular weight is 345 g/mol. The van der Waals surface area contributed by atoms with E-state index in [4.69, 9.17) is 4.74 Å². The van der Waals surface area contributed by atoms with Gasteiger partial charge in [-0.05, 0) is 52.3 Å². The highest BCUT2D eigenvalue weighted by molar-refractivity contribution is 5.78. The maximum absolute atomic E-state index is 12.9. The van der Waals surface area contributed by atoms with Gasteiger partial charge in [0.15, 0.2) is 0 Å². The molecule has 0 N–H and O–H groups in total. The molecule has 0 aliphatic carbocycles. The van der Waals surface area contributed by atoms with E-state index < -0.39 is 0 Å². The van der Waals surface area contributed by atoms with E-state index in [2.05, 4.69) is 34.7 Å². The molecule has 5 heteroatoms. The fraction of sp³-hybridized carbons (Fsp3) is 0.700. The molecule has 138 valence electrons. The lowest BCUT2D eigenvalue weighted by molar-refractivity contribution is -0.157. The fourth-order valence-corrected chi connectivity index (χ4v) is 4.42. The summed E-state index contributed by atoms with van der Waals surface area (Å²) >= 11 is 0. The molecule has 2 aliphatic heterocycles. The topological polar surface area (TPSA) is 45.7 Å². The van der Waals surface area contributed by atoms with Gasteiger partial charge in [0.25, 0.3) is 0 Å². The molecule has 3 heterocycles. The Morgan fingerprint density at radius 2 is 2.24 bits per heavy atom. The Labute approximate surface area is 151 Å². The summed E-state index contributed by atoms with van der Waals surface area (Å²) in [5.41, 5.74) is 0.768. The zero-order valence-electron chi connectivity index (χ0n) is 15.8. The van der Waals surface area contributed by atoms with E-state index in [1.807, 2.05) is 25.3 Å². The fourth-order valence-electron chi connectivity index (χ4n) is 4.42. The smallest absolute Gasteiger partial charge is 0.313 e. The van der Waals surface area contributed by atoms with E-state index in [0.717, 1.165) is 51.3 Å². The zero-order chi connectivity index (χ0) is 17.9. The van der Waals surface area contributed by atoms with Crippen LogP contribution in [-0.2, 0) is 16.1 Å². The number of hydrogen-bond donors (Lipinski definition) is 0. The van der Waals surface area contributed by atoms with Gasteiger partial charge in [-0.25, -0.2) is 0 Å². The van der Waals surface area contributed by atoms with Crippen LogP contribution in [0.3, 0.4) is 0 Å². The molecular formula is C20H31N3O2. The molecule has 1 aromatic rings. The first kappa shape index (κ1) is 18.3. The predicted molar refractivity (Wildman–Crippen MR) is 98.0 cm³/mol. The lowest BCUT2D eigenvalue weighted by Crippen LogP contribution is -2.42. The molecular weight excluding hydrogens is 314 g/mol. The number of carbonyl (C=O) groups excluding carboxylic acids is 1. The predicted octanol–water partition coefficient (Wildman–Crippen LogP) is 2.57. The average Bonchev–Trinajstić information content (AvgIpc) is 2.87. The molecule has 0 amide bonds. The van der Waals surface area contributed by atoms with Gasteiger partial charge in [-0.2, -0.15) is 0 Å². The van der Waals surface area contributed by atoms with Gasteiger partial charge in [0.2, 0.25) is 0 Å². The minimum atomic E-state index is -0.334. The van der Waals surface area contributed by atoms with Gasteiger partial charge in [0, 0.05) is 44.3 Å². The molecule has 2 aliphatic rings. The number of ether oxygens (including phenoxy) is 1. The molecule has 0 saturated carbocycles. The maximum Gasteiger partial charge on any atom is 0.313 e. The number of pyridine rings is 1. The Bertz CT molecular complexity index is 578. The Morgan fingerprint density at radius 1 is 1.40 bits per heavy atom. The van der Waals surface area contributed by atoms with E-state index in [-0.39, 0.29) is 11.4 Å². The van der Waals surface area contributed by atoms with Crippen LogP contribution in [0.25, 0.3) is 0 Å². The third-order valence-corrected chi connectivity index (χ3v) is 5.82. The van der Waals surface area contributed by atoms with Crippen molar-refractivity contribution in [3.05, 3.63) is 30.1 Å². The first-order valence-corrected chi connectivity index (χ1v) is 9.58. The lowest BCUT2D eigenvalue weighted by atomic mass is 9.75. The first-order chi connectivity index (χ1) is 12.0. The molecule has 5 nitrogen and oxygen atoms in total. The zero-order valence-corrected chi connectivity index (χ0v) is 15.8. The Hall–Kier alpha value is -1.46. The van der Waals surface area contributed by atoms with Crippen molar-refractivity contribution in [2.24, 2.45) is 11.3 Å². The number of hydrogen-bond acceptors (Lipinski definition) is 5. The van der Waals surface area contributed by atoms with E-state index in [0.29, 0.717) is 18.6 Å². The van der Waals surface area contributed by atoms with Crippen molar-refractivity contribution in [1.82, 2.24) is 14.8 Å². The summed E-state index contributed by atoms with van der Waals surface area (Å²) < 4.78 is 5.53. The van der Waals surface area contributed by atoms with Gasteiger partial charge >= 0.3 is 5.97 Å². The molecule has 2 saturated heterocycles. The monoisotopic (exact) mass is 345 g/mol. The second kappa shape index (κ2) is 7.83. The number of aromatic nitrogens is 1. The van der Waals surface area contributed by atoms with Gasteiger partial charge in [-0.3, -0.25) is 19.6 Å². The third-order valence-electron chi connectivity index (χ3n) is 5.82. The third kappa shape index (κ3) is 3.87. The highest BCUT2D eigenvalue weighted by atomic mass is 16.5. The molecule has 0 unspecified atom stereocenters. The molecule has 25 heavy (non-hydrogen) atoms. The normalized spacial score (nSPS) is 27.9. The van der Waals surface area contributed by atoms with Crippen molar-refractivity contribution >= 4 is 5.97 Å². The quantitative estimate of drug-likeness (QED) is 0.768. The van der Waals surface area contributed by atoms with Gasteiger partial charge in [0.05, 0.1) is 17.7 Å². The van der Waals surface area contributed by atoms with Crippen molar-refractivity contribution in [3.8, 4) is 0 Å². The van der Waals surface area contributed by atoms with Crippen LogP contribution in [0.15, 0.2) is 24.4 Å². The van der Waals surface area contributed by atoms with Crippen molar-refractivity contribution in [2.75, 3.05) is 32.8 Å². The Balaban J connectivity index is 1.79. The number of esters is 1. The standard InChI is InChI=1S/C20H31N3O2/c1-4-25-19(24)20-9-7-11-22(14-18-8-5-6-10-21-18)12-17(20)13-23(15-20)16(2)3/h5-6,8,10,16-17H,4,7,9,11-15H2,1-3H3/t17-,20-/m1/s1. The SMILES string of the molecule is CCOC(=O)[C@@]12CCCN(Cc3ccccn3)C[C@@H]1CN(C(C)C)C2. The Kier molecular flexibility index (Phi) is 5.74. The highest BCUT2D eigenvalue weighted by Gasteiger charge is 2.54. The molecule has 0 spiro atoms. The summed E-state index contributed by atoms with van der Waals surface area (Å²) in [6.45, 7) is 11.5. The lowest BCUT2D eigenvalue weighted by Gasteiger charge is -2.31. The van der Waals surface area contributed by atoms with Gasteiger partial charge in [-0.1, -0.05) is 6.07 Å². The number of rotatable bonds is 5. The molecule has 0 bridgehead atoms. The summed E-state index contributed by atoms with van der Waals surface area (Å²) in [4.78, 5) is 22.3. The van der Waals surface area contributed by atoms with E-state index in [1.54, 1.807) is 0 Å². The van der Waals surface area contributed by atoms with Crippen LogP contribution in [0.2, 0.25) is 0 Å². The van der Waals surface area contributed by atoms with Crippen molar-refractivity contribution < 1.29 is 9.53 Å². The molecule has 0 radical (unpaired) electrons.